The maximum absolute atomic E-state index is 12.5. The molecule has 0 aliphatic rings. The fraction of sp³-hybridized carbons (Fsp3) is 0.250. The highest BCUT2D eigenvalue weighted by Gasteiger charge is 2.12. The monoisotopic (exact) mass is 184 g/mol. The molecule has 1 heterocycles. The molecule has 0 aliphatic heterocycles. The third-order valence-corrected chi connectivity index (χ3v) is 1.52. The average Bonchev–Trinajstić information content (AvgIpc) is 2.04. The number of carboxylic acid groups (broad SMARTS) is 1. The van der Waals surface area contributed by atoms with Gasteiger partial charge in [-0.3, -0.25) is 4.79 Å². The van der Waals surface area contributed by atoms with Crippen LogP contribution in [0.5, 0.6) is 0 Å². The van der Waals surface area contributed by atoms with Crippen molar-refractivity contribution in [1.82, 2.24) is 4.98 Å². The van der Waals surface area contributed by atoms with Gasteiger partial charge in [-0.15, -0.1) is 0 Å². The molecule has 1 aromatic rings. The zero-order valence-electron chi connectivity index (χ0n) is 6.77. The topological polar surface area (TPSA) is 76.2 Å². The van der Waals surface area contributed by atoms with E-state index in [0.717, 1.165) is 0 Å². The first-order valence-corrected chi connectivity index (χ1v) is 3.69. The molecule has 0 saturated heterocycles. The molecule has 0 fully saturated rings. The molecule has 0 spiro atoms. The molecular weight excluding hydrogens is 175 g/mol. The molecule has 0 aliphatic carbocycles. The number of aliphatic carboxylic acids is 1. The molecule has 1 unspecified atom stereocenters. The molecule has 1 atom stereocenters. The van der Waals surface area contributed by atoms with E-state index in [1.165, 1.54) is 18.2 Å². The molecule has 0 radical (unpaired) electrons. The predicted molar refractivity (Wildman–Crippen MR) is 43.5 cm³/mol. The lowest BCUT2D eigenvalue weighted by Gasteiger charge is -2.04. The van der Waals surface area contributed by atoms with Crippen molar-refractivity contribution in [2.45, 2.75) is 12.5 Å². The summed E-state index contributed by atoms with van der Waals surface area (Å²) in [5.41, 5.74) is 5.58. The van der Waals surface area contributed by atoms with Crippen LogP contribution in [0.2, 0.25) is 0 Å². The Bertz CT molecular complexity index is 317. The summed E-state index contributed by atoms with van der Waals surface area (Å²) in [6.45, 7) is 0. The largest absolute Gasteiger partial charge is 0.480 e. The standard InChI is InChI=1S/C8H9FN2O2/c9-7-3-1-2-5(11-7)4-6(10)8(12)13/h1-3,6H,4,10H2,(H,12,13). The van der Waals surface area contributed by atoms with Crippen LogP contribution < -0.4 is 5.73 Å². The molecule has 1 rings (SSSR count). The van der Waals surface area contributed by atoms with Gasteiger partial charge in [-0.1, -0.05) is 6.07 Å². The van der Waals surface area contributed by atoms with Crippen molar-refractivity contribution in [2.75, 3.05) is 0 Å². The van der Waals surface area contributed by atoms with E-state index in [4.69, 9.17) is 10.8 Å². The van der Waals surface area contributed by atoms with Gasteiger partial charge >= 0.3 is 5.97 Å². The summed E-state index contributed by atoms with van der Waals surface area (Å²) in [4.78, 5) is 13.8. The molecule has 5 heteroatoms. The minimum atomic E-state index is -1.12. The van der Waals surface area contributed by atoms with Crippen LogP contribution in [0.3, 0.4) is 0 Å². The normalized spacial score (nSPS) is 12.5. The highest BCUT2D eigenvalue weighted by atomic mass is 19.1. The summed E-state index contributed by atoms with van der Waals surface area (Å²) in [6, 6.07) is 3.16. The number of nitrogens with zero attached hydrogens (tertiary/aromatic N) is 1. The fourth-order valence-corrected chi connectivity index (χ4v) is 0.877. The van der Waals surface area contributed by atoms with E-state index in [1.54, 1.807) is 0 Å². The van der Waals surface area contributed by atoms with E-state index >= 15 is 0 Å². The van der Waals surface area contributed by atoms with E-state index in [1.807, 2.05) is 0 Å². The number of carboxylic acids is 1. The van der Waals surface area contributed by atoms with Crippen molar-refractivity contribution in [2.24, 2.45) is 5.73 Å². The fourth-order valence-electron chi connectivity index (χ4n) is 0.877. The highest BCUT2D eigenvalue weighted by Crippen LogP contribution is 2.00. The Balaban J connectivity index is 2.69. The van der Waals surface area contributed by atoms with Crippen LogP contribution >= 0.6 is 0 Å². The first-order valence-electron chi connectivity index (χ1n) is 3.69. The van der Waals surface area contributed by atoms with Gasteiger partial charge in [0.1, 0.15) is 6.04 Å². The van der Waals surface area contributed by atoms with Crippen LogP contribution in [-0.4, -0.2) is 22.1 Å². The molecule has 3 N–H and O–H groups in total. The van der Waals surface area contributed by atoms with Gasteiger partial charge in [-0.25, -0.2) is 4.98 Å². The minimum Gasteiger partial charge on any atom is -0.480 e. The van der Waals surface area contributed by atoms with Gasteiger partial charge < -0.3 is 10.8 Å². The molecule has 4 nitrogen and oxygen atoms in total. The second-order valence-corrected chi connectivity index (χ2v) is 2.60. The Morgan fingerprint density at radius 2 is 2.38 bits per heavy atom. The van der Waals surface area contributed by atoms with Crippen LogP contribution in [0.4, 0.5) is 4.39 Å². The van der Waals surface area contributed by atoms with Crippen LogP contribution in [0.25, 0.3) is 0 Å². The van der Waals surface area contributed by atoms with Crippen molar-refractivity contribution >= 4 is 5.97 Å². The van der Waals surface area contributed by atoms with Crippen LogP contribution in [-0.2, 0) is 11.2 Å². The smallest absolute Gasteiger partial charge is 0.320 e. The van der Waals surface area contributed by atoms with E-state index in [2.05, 4.69) is 4.98 Å². The zero-order chi connectivity index (χ0) is 9.84. The number of hydrogen-bond donors (Lipinski definition) is 2. The van der Waals surface area contributed by atoms with E-state index in [9.17, 15) is 9.18 Å². The highest BCUT2D eigenvalue weighted by molar-refractivity contribution is 5.73. The lowest BCUT2D eigenvalue weighted by atomic mass is 10.1. The Kier molecular flexibility index (Phi) is 2.92. The number of aromatic nitrogens is 1. The van der Waals surface area contributed by atoms with Crippen LogP contribution in [0.15, 0.2) is 18.2 Å². The molecule has 0 aromatic carbocycles. The molecule has 13 heavy (non-hydrogen) atoms. The number of halogens is 1. The number of carbonyl (C=O) groups is 1. The summed E-state index contributed by atoms with van der Waals surface area (Å²) >= 11 is 0. The quantitative estimate of drug-likeness (QED) is 0.657. The van der Waals surface area contributed by atoms with Gasteiger partial charge in [0.2, 0.25) is 5.95 Å². The molecule has 0 bridgehead atoms. The first kappa shape index (κ1) is 9.60. The third kappa shape index (κ3) is 2.79. The number of rotatable bonds is 3. The molecular formula is C8H9FN2O2. The SMILES string of the molecule is NC(Cc1cccc(F)n1)C(=O)O. The van der Waals surface area contributed by atoms with E-state index < -0.39 is 18.0 Å². The summed E-state index contributed by atoms with van der Waals surface area (Å²) in [7, 11) is 0. The van der Waals surface area contributed by atoms with Crippen molar-refractivity contribution in [3.63, 3.8) is 0 Å². The van der Waals surface area contributed by atoms with Gasteiger partial charge in [0.25, 0.3) is 0 Å². The number of hydrogen-bond acceptors (Lipinski definition) is 3. The number of pyridine rings is 1. The van der Waals surface area contributed by atoms with E-state index in [0.29, 0.717) is 5.69 Å². The van der Waals surface area contributed by atoms with Gasteiger partial charge in [0.15, 0.2) is 0 Å². The van der Waals surface area contributed by atoms with Crippen molar-refractivity contribution in [3.05, 3.63) is 29.8 Å². The average molecular weight is 184 g/mol. The maximum atomic E-state index is 12.5. The number of nitrogens with two attached hydrogens (primary N) is 1. The lowest BCUT2D eigenvalue weighted by Crippen LogP contribution is -2.32. The molecule has 1 aromatic heterocycles. The summed E-state index contributed by atoms with van der Waals surface area (Å²) in [5, 5.41) is 8.47. The molecule has 70 valence electrons. The minimum absolute atomic E-state index is 0.0348. The maximum Gasteiger partial charge on any atom is 0.320 e. The third-order valence-electron chi connectivity index (χ3n) is 1.52. The molecule has 0 amide bonds. The van der Waals surface area contributed by atoms with Gasteiger partial charge in [-0.2, -0.15) is 4.39 Å². The Hall–Kier alpha value is -1.49. The van der Waals surface area contributed by atoms with Gasteiger partial charge in [0, 0.05) is 12.1 Å². The Morgan fingerprint density at radius 1 is 1.69 bits per heavy atom. The summed E-state index contributed by atoms with van der Waals surface area (Å²) in [5.74, 6) is -1.75. The van der Waals surface area contributed by atoms with Crippen molar-refractivity contribution in [3.8, 4) is 0 Å². The van der Waals surface area contributed by atoms with E-state index in [-0.39, 0.29) is 6.42 Å². The summed E-state index contributed by atoms with van der Waals surface area (Å²) in [6.07, 6.45) is 0.0348. The first-order chi connectivity index (χ1) is 6.09. The van der Waals surface area contributed by atoms with Crippen LogP contribution in [0, 0.1) is 5.95 Å². The summed E-state index contributed by atoms with van der Waals surface area (Å²) < 4.78 is 12.5. The van der Waals surface area contributed by atoms with Crippen molar-refractivity contribution < 1.29 is 14.3 Å². The van der Waals surface area contributed by atoms with Gasteiger partial charge in [-0.05, 0) is 12.1 Å². The second kappa shape index (κ2) is 3.95. The van der Waals surface area contributed by atoms with Crippen LogP contribution in [0.1, 0.15) is 5.69 Å². The Labute approximate surface area is 74.2 Å². The lowest BCUT2D eigenvalue weighted by molar-refractivity contribution is -0.138. The molecule has 0 saturated carbocycles. The van der Waals surface area contributed by atoms with Crippen molar-refractivity contribution in [1.29, 1.82) is 0 Å². The zero-order valence-corrected chi connectivity index (χ0v) is 6.77. The second-order valence-electron chi connectivity index (χ2n) is 2.60. The Morgan fingerprint density at radius 3 is 2.92 bits per heavy atom. The van der Waals surface area contributed by atoms with Gasteiger partial charge in [0.05, 0.1) is 0 Å². The predicted octanol–water partition coefficient (Wildman–Crippen LogP) is 0.175.